The number of aromatic nitrogens is 1. The van der Waals surface area contributed by atoms with Crippen molar-refractivity contribution in [3.8, 4) is 11.3 Å². The molecule has 0 saturated heterocycles. The fourth-order valence-corrected chi connectivity index (χ4v) is 5.09. The van der Waals surface area contributed by atoms with E-state index in [9.17, 15) is 18.0 Å². The lowest BCUT2D eigenvalue weighted by Crippen LogP contribution is -2.13. The fourth-order valence-electron chi connectivity index (χ4n) is 4.01. The molecule has 1 aliphatic rings. The Labute approximate surface area is 185 Å². The Hall–Kier alpha value is -3.59. The van der Waals surface area contributed by atoms with Gasteiger partial charge in [-0.2, -0.15) is 0 Å². The number of hydrogen-bond acceptors (Lipinski definition) is 6. The van der Waals surface area contributed by atoms with Gasteiger partial charge in [0.05, 0.1) is 30.4 Å². The Bertz CT molecular complexity index is 1280. The van der Waals surface area contributed by atoms with E-state index in [1.807, 2.05) is 4.57 Å². The highest BCUT2D eigenvalue weighted by atomic mass is 32.2. The number of nitrogens with zero attached hydrogens (tertiary/aromatic N) is 1. The number of carbonyl (C=O) groups is 2. The SMILES string of the molecule is COC(=O)c1c(C(=O)OC)c(-c2ccc(NS(=O)(=O)c3ccccc3)cc2)n2c1CCC2. The number of esters is 2. The van der Waals surface area contributed by atoms with Gasteiger partial charge in [0.1, 0.15) is 5.56 Å². The molecule has 0 atom stereocenters. The summed E-state index contributed by atoms with van der Waals surface area (Å²) in [5.41, 5.74) is 2.71. The Morgan fingerprint density at radius 2 is 1.53 bits per heavy atom. The number of hydrogen-bond donors (Lipinski definition) is 1. The predicted molar refractivity (Wildman–Crippen MR) is 118 cm³/mol. The van der Waals surface area contributed by atoms with Crippen LogP contribution in [0.3, 0.4) is 0 Å². The van der Waals surface area contributed by atoms with Crippen molar-refractivity contribution in [2.24, 2.45) is 0 Å². The zero-order valence-corrected chi connectivity index (χ0v) is 18.4. The highest BCUT2D eigenvalue weighted by molar-refractivity contribution is 7.92. The topological polar surface area (TPSA) is 104 Å². The number of fused-ring (bicyclic) bond motifs is 1. The first-order valence-electron chi connectivity index (χ1n) is 9.97. The largest absolute Gasteiger partial charge is 0.465 e. The minimum Gasteiger partial charge on any atom is -0.465 e. The van der Waals surface area contributed by atoms with Crippen molar-refractivity contribution in [1.29, 1.82) is 0 Å². The van der Waals surface area contributed by atoms with Crippen molar-refractivity contribution < 1.29 is 27.5 Å². The lowest BCUT2D eigenvalue weighted by atomic mass is 10.0. The van der Waals surface area contributed by atoms with Crippen LogP contribution in [0.5, 0.6) is 0 Å². The van der Waals surface area contributed by atoms with Gasteiger partial charge in [-0.05, 0) is 42.7 Å². The molecule has 0 spiro atoms. The van der Waals surface area contributed by atoms with Gasteiger partial charge in [-0.1, -0.05) is 30.3 Å². The van der Waals surface area contributed by atoms with Crippen molar-refractivity contribution in [3.05, 3.63) is 71.4 Å². The summed E-state index contributed by atoms with van der Waals surface area (Å²) in [5.74, 6) is -1.22. The number of benzene rings is 2. The highest BCUT2D eigenvalue weighted by Crippen LogP contribution is 2.37. The lowest BCUT2D eigenvalue weighted by Gasteiger charge is -2.11. The van der Waals surface area contributed by atoms with Gasteiger partial charge in [0.15, 0.2) is 0 Å². The Morgan fingerprint density at radius 3 is 2.16 bits per heavy atom. The van der Waals surface area contributed by atoms with Crippen LogP contribution in [-0.2, 0) is 32.5 Å². The molecule has 0 unspecified atom stereocenters. The predicted octanol–water partition coefficient (Wildman–Crippen LogP) is 3.48. The molecule has 2 heterocycles. The van der Waals surface area contributed by atoms with Crippen molar-refractivity contribution in [3.63, 3.8) is 0 Å². The van der Waals surface area contributed by atoms with Gasteiger partial charge in [-0.15, -0.1) is 0 Å². The summed E-state index contributed by atoms with van der Waals surface area (Å²) in [4.78, 5) is 25.3. The number of nitrogens with one attached hydrogen (secondary N) is 1. The van der Waals surface area contributed by atoms with Crippen molar-refractivity contribution in [2.75, 3.05) is 18.9 Å². The second-order valence-corrected chi connectivity index (χ2v) is 8.96. The normalized spacial score (nSPS) is 12.8. The van der Waals surface area contributed by atoms with Gasteiger partial charge < -0.3 is 14.0 Å². The van der Waals surface area contributed by atoms with Crippen LogP contribution in [0, 0.1) is 0 Å². The van der Waals surface area contributed by atoms with E-state index in [1.54, 1.807) is 42.5 Å². The summed E-state index contributed by atoms with van der Waals surface area (Å²) in [6, 6.07) is 14.7. The summed E-state index contributed by atoms with van der Waals surface area (Å²) in [6.45, 7) is 0.647. The fraction of sp³-hybridized carbons (Fsp3) is 0.217. The highest BCUT2D eigenvalue weighted by Gasteiger charge is 2.34. The van der Waals surface area contributed by atoms with Gasteiger partial charge in [0, 0.05) is 17.9 Å². The Morgan fingerprint density at radius 1 is 0.906 bits per heavy atom. The van der Waals surface area contributed by atoms with E-state index in [0.717, 1.165) is 12.1 Å². The summed E-state index contributed by atoms with van der Waals surface area (Å²) in [5, 5.41) is 0. The van der Waals surface area contributed by atoms with Crippen molar-refractivity contribution in [1.82, 2.24) is 4.57 Å². The molecule has 0 radical (unpaired) electrons. The van der Waals surface area contributed by atoms with Gasteiger partial charge >= 0.3 is 11.9 Å². The van der Waals surface area contributed by atoms with E-state index in [1.165, 1.54) is 26.4 Å². The van der Waals surface area contributed by atoms with E-state index in [0.29, 0.717) is 29.9 Å². The zero-order valence-electron chi connectivity index (χ0n) is 17.6. The molecule has 8 nitrogen and oxygen atoms in total. The molecule has 4 rings (SSSR count). The second kappa shape index (κ2) is 8.51. The van der Waals surface area contributed by atoms with Gasteiger partial charge in [-0.25, -0.2) is 18.0 Å². The van der Waals surface area contributed by atoms with Crippen molar-refractivity contribution >= 4 is 27.6 Å². The standard InChI is InChI=1S/C23H22N2O6S/c1-30-22(26)19-18-9-6-14-25(18)21(20(19)23(27)31-2)15-10-12-16(13-11-15)24-32(28,29)17-7-4-3-5-8-17/h3-5,7-8,10-13,24H,6,9,14H2,1-2H3. The maximum Gasteiger partial charge on any atom is 0.340 e. The molecular formula is C23H22N2O6S. The Balaban J connectivity index is 1.75. The minimum atomic E-state index is -3.73. The molecule has 0 saturated carbocycles. The van der Waals surface area contributed by atoms with E-state index < -0.39 is 22.0 Å². The van der Waals surface area contributed by atoms with Crippen LogP contribution in [0.2, 0.25) is 0 Å². The first kappa shape index (κ1) is 21.6. The van der Waals surface area contributed by atoms with E-state index in [4.69, 9.17) is 9.47 Å². The molecule has 2 aromatic carbocycles. The molecule has 0 aliphatic carbocycles. The molecule has 9 heteroatoms. The first-order valence-corrected chi connectivity index (χ1v) is 11.5. The number of rotatable bonds is 6. The van der Waals surface area contributed by atoms with E-state index in [2.05, 4.69) is 4.72 Å². The minimum absolute atomic E-state index is 0.157. The second-order valence-electron chi connectivity index (χ2n) is 7.28. The summed E-state index contributed by atoms with van der Waals surface area (Å²) in [6.07, 6.45) is 1.48. The third-order valence-corrected chi connectivity index (χ3v) is 6.81. The van der Waals surface area contributed by atoms with E-state index >= 15 is 0 Å². The molecule has 1 aliphatic heterocycles. The molecule has 1 N–H and O–H groups in total. The molecular weight excluding hydrogens is 432 g/mol. The van der Waals surface area contributed by atoms with Gasteiger partial charge in [0.2, 0.25) is 0 Å². The maximum atomic E-state index is 12.6. The number of ether oxygens (including phenoxy) is 2. The number of anilines is 1. The number of carbonyl (C=O) groups excluding carboxylic acids is 2. The quantitative estimate of drug-likeness (QED) is 0.572. The van der Waals surface area contributed by atoms with Gasteiger partial charge in [0.25, 0.3) is 10.0 Å². The third-order valence-electron chi connectivity index (χ3n) is 5.41. The maximum absolute atomic E-state index is 12.6. The summed E-state index contributed by atoms with van der Waals surface area (Å²) < 4.78 is 39.5. The zero-order chi connectivity index (χ0) is 22.9. The lowest BCUT2D eigenvalue weighted by molar-refractivity contribution is 0.0556. The molecule has 1 aromatic heterocycles. The van der Waals surface area contributed by atoms with Crippen molar-refractivity contribution in [2.45, 2.75) is 24.3 Å². The number of methoxy groups -OCH3 is 2. The molecule has 0 fully saturated rings. The van der Waals surface area contributed by atoms with Crippen LogP contribution in [0.15, 0.2) is 59.5 Å². The van der Waals surface area contributed by atoms with Crippen LogP contribution in [-0.4, -0.2) is 39.1 Å². The number of sulfonamides is 1. The summed E-state index contributed by atoms with van der Waals surface area (Å²) in [7, 11) is -1.19. The molecule has 166 valence electrons. The Kier molecular flexibility index (Phi) is 5.75. The van der Waals surface area contributed by atoms with E-state index in [-0.39, 0.29) is 16.0 Å². The van der Waals surface area contributed by atoms with Crippen LogP contribution in [0.25, 0.3) is 11.3 Å². The van der Waals surface area contributed by atoms with Gasteiger partial charge in [-0.3, -0.25) is 4.72 Å². The van der Waals surface area contributed by atoms with Crippen LogP contribution in [0.1, 0.15) is 32.8 Å². The van der Waals surface area contributed by atoms with Crippen LogP contribution in [0.4, 0.5) is 5.69 Å². The molecule has 32 heavy (non-hydrogen) atoms. The van der Waals surface area contributed by atoms with Crippen LogP contribution < -0.4 is 4.72 Å². The monoisotopic (exact) mass is 454 g/mol. The summed E-state index contributed by atoms with van der Waals surface area (Å²) >= 11 is 0. The smallest absolute Gasteiger partial charge is 0.340 e. The average Bonchev–Trinajstić information content (AvgIpc) is 3.39. The average molecular weight is 455 g/mol. The third kappa shape index (κ3) is 3.75. The molecule has 0 bridgehead atoms. The molecule has 3 aromatic rings. The first-order chi connectivity index (χ1) is 15.4. The molecule has 0 amide bonds. The van der Waals surface area contributed by atoms with Crippen LogP contribution >= 0.6 is 0 Å².